The van der Waals surface area contributed by atoms with Crippen molar-refractivity contribution in [2.75, 3.05) is 43.5 Å². The second-order valence-corrected chi connectivity index (χ2v) is 7.89. The van der Waals surface area contributed by atoms with Gasteiger partial charge in [-0.3, -0.25) is 14.5 Å². The third kappa shape index (κ3) is 5.64. The van der Waals surface area contributed by atoms with Crippen LogP contribution in [-0.2, 0) is 19.7 Å². The fraction of sp³-hybridized carbons (Fsp3) is 0.391. The number of carbonyl (C=O) groups is 2. The quantitative estimate of drug-likeness (QED) is 0.730. The Balaban J connectivity index is 1.61. The molecular weight excluding hydrogens is 385 g/mol. The van der Waals surface area contributed by atoms with E-state index in [-0.39, 0.29) is 23.9 Å². The molecule has 2 amide bonds. The lowest BCUT2D eigenvalue weighted by molar-refractivity contribution is -0.120. The summed E-state index contributed by atoms with van der Waals surface area (Å²) in [7, 11) is 0. The predicted octanol–water partition coefficient (Wildman–Crippen LogP) is 3.40. The number of ether oxygens (including phenoxy) is 1. The second-order valence-electron chi connectivity index (χ2n) is 7.89. The number of carbonyl (C=O) groups excluding carboxylic acids is 2. The molecule has 0 aliphatic carbocycles. The first-order valence-electron chi connectivity index (χ1n) is 10.1. The summed E-state index contributed by atoms with van der Waals surface area (Å²) in [5.41, 5.74) is 0.587. The van der Waals surface area contributed by atoms with Crippen molar-refractivity contribution >= 4 is 23.2 Å². The van der Waals surface area contributed by atoms with Crippen LogP contribution < -0.4 is 10.6 Å². The summed E-state index contributed by atoms with van der Waals surface area (Å²) in [6.45, 7) is 7.17. The van der Waals surface area contributed by atoms with Crippen LogP contribution in [0.3, 0.4) is 0 Å². The standard InChI is InChI=1S/C23H28FN3O3/c1-23(2,17-6-4-3-5-7-17)22(29)25-18-8-9-19(24)20(16-18)26-21(28)10-11-27-12-14-30-15-13-27/h3-9,16H,10-15H2,1-2H3,(H,25,29)(H,26,28). The Morgan fingerprint density at radius 1 is 1.07 bits per heavy atom. The molecule has 30 heavy (non-hydrogen) atoms. The molecule has 6 nitrogen and oxygen atoms in total. The lowest BCUT2D eigenvalue weighted by Crippen LogP contribution is -2.38. The van der Waals surface area contributed by atoms with Crippen molar-refractivity contribution < 1.29 is 18.7 Å². The maximum Gasteiger partial charge on any atom is 0.234 e. The minimum atomic E-state index is -0.767. The molecule has 0 saturated carbocycles. The van der Waals surface area contributed by atoms with Gasteiger partial charge in [0.1, 0.15) is 5.82 Å². The summed E-state index contributed by atoms with van der Waals surface area (Å²) >= 11 is 0. The number of rotatable bonds is 7. The molecule has 1 aliphatic rings. The highest BCUT2D eigenvalue weighted by Crippen LogP contribution is 2.26. The van der Waals surface area contributed by atoms with Gasteiger partial charge in [0.15, 0.2) is 0 Å². The van der Waals surface area contributed by atoms with Gasteiger partial charge < -0.3 is 15.4 Å². The molecule has 0 bridgehead atoms. The summed E-state index contributed by atoms with van der Waals surface area (Å²) in [6.07, 6.45) is 0.261. The number of anilines is 2. The van der Waals surface area contributed by atoms with Crippen LogP contribution in [0.5, 0.6) is 0 Å². The number of halogens is 1. The van der Waals surface area contributed by atoms with E-state index in [2.05, 4.69) is 15.5 Å². The molecule has 0 atom stereocenters. The Bertz CT molecular complexity index is 881. The fourth-order valence-electron chi connectivity index (χ4n) is 3.27. The van der Waals surface area contributed by atoms with E-state index in [9.17, 15) is 14.0 Å². The van der Waals surface area contributed by atoms with Gasteiger partial charge in [0.05, 0.1) is 24.3 Å². The summed E-state index contributed by atoms with van der Waals surface area (Å²) in [4.78, 5) is 27.2. The largest absolute Gasteiger partial charge is 0.379 e. The SMILES string of the molecule is CC(C)(C(=O)Nc1ccc(F)c(NC(=O)CCN2CCOCC2)c1)c1ccccc1. The minimum Gasteiger partial charge on any atom is -0.379 e. The van der Waals surface area contributed by atoms with E-state index in [0.717, 1.165) is 18.7 Å². The lowest BCUT2D eigenvalue weighted by atomic mass is 9.83. The van der Waals surface area contributed by atoms with E-state index in [4.69, 9.17) is 4.74 Å². The van der Waals surface area contributed by atoms with Gasteiger partial charge in [-0.2, -0.15) is 0 Å². The van der Waals surface area contributed by atoms with Crippen LogP contribution in [0.2, 0.25) is 0 Å². The van der Waals surface area contributed by atoms with Gasteiger partial charge in [0.2, 0.25) is 11.8 Å². The van der Waals surface area contributed by atoms with Crippen molar-refractivity contribution in [3.63, 3.8) is 0 Å². The van der Waals surface area contributed by atoms with Crippen molar-refractivity contribution in [3.05, 3.63) is 59.9 Å². The van der Waals surface area contributed by atoms with Crippen molar-refractivity contribution in [2.45, 2.75) is 25.7 Å². The minimum absolute atomic E-state index is 0.0531. The molecule has 0 aromatic heterocycles. The van der Waals surface area contributed by atoms with Crippen LogP contribution in [0.25, 0.3) is 0 Å². The first kappa shape index (κ1) is 21.9. The topological polar surface area (TPSA) is 70.7 Å². The molecule has 7 heteroatoms. The average molecular weight is 413 g/mol. The zero-order valence-electron chi connectivity index (χ0n) is 17.4. The Morgan fingerprint density at radius 3 is 2.47 bits per heavy atom. The van der Waals surface area contributed by atoms with Crippen LogP contribution in [0.4, 0.5) is 15.8 Å². The summed E-state index contributed by atoms with van der Waals surface area (Å²) in [5, 5.41) is 5.44. The number of benzene rings is 2. The van der Waals surface area contributed by atoms with Crippen molar-refractivity contribution in [1.29, 1.82) is 0 Å². The summed E-state index contributed by atoms with van der Waals surface area (Å²) < 4.78 is 19.5. The first-order valence-corrected chi connectivity index (χ1v) is 10.1. The van der Waals surface area contributed by atoms with Crippen LogP contribution in [0.15, 0.2) is 48.5 Å². The maximum atomic E-state index is 14.2. The molecule has 3 rings (SSSR count). The Hall–Kier alpha value is -2.77. The van der Waals surface area contributed by atoms with Gasteiger partial charge in [0.25, 0.3) is 0 Å². The second kappa shape index (κ2) is 9.82. The molecule has 2 aromatic carbocycles. The van der Waals surface area contributed by atoms with Gasteiger partial charge in [-0.15, -0.1) is 0 Å². The zero-order valence-corrected chi connectivity index (χ0v) is 17.4. The number of hydrogen-bond acceptors (Lipinski definition) is 4. The van der Waals surface area contributed by atoms with E-state index in [0.29, 0.717) is 25.4 Å². The molecule has 160 valence electrons. The summed E-state index contributed by atoms with van der Waals surface area (Å²) in [6, 6.07) is 13.6. The number of morpholine rings is 1. The number of nitrogens with one attached hydrogen (secondary N) is 2. The first-order chi connectivity index (χ1) is 14.4. The van der Waals surface area contributed by atoms with E-state index in [1.165, 1.54) is 18.2 Å². The zero-order chi connectivity index (χ0) is 21.6. The van der Waals surface area contributed by atoms with E-state index in [1.807, 2.05) is 44.2 Å². The molecule has 0 spiro atoms. The van der Waals surface area contributed by atoms with Crippen LogP contribution >= 0.6 is 0 Å². The Morgan fingerprint density at radius 2 is 1.77 bits per heavy atom. The Kier molecular flexibility index (Phi) is 7.18. The van der Waals surface area contributed by atoms with E-state index >= 15 is 0 Å². The smallest absolute Gasteiger partial charge is 0.234 e. The molecule has 0 radical (unpaired) electrons. The maximum absolute atomic E-state index is 14.2. The van der Waals surface area contributed by atoms with Crippen molar-refractivity contribution in [3.8, 4) is 0 Å². The van der Waals surface area contributed by atoms with Gasteiger partial charge in [-0.1, -0.05) is 30.3 Å². The molecule has 1 aliphatic heterocycles. The lowest BCUT2D eigenvalue weighted by Gasteiger charge is -2.26. The monoisotopic (exact) mass is 413 g/mol. The average Bonchev–Trinajstić information content (AvgIpc) is 2.76. The van der Waals surface area contributed by atoms with Crippen molar-refractivity contribution in [1.82, 2.24) is 4.90 Å². The summed E-state index contributed by atoms with van der Waals surface area (Å²) in [5.74, 6) is -1.03. The van der Waals surface area contributed by atoms with Crippen LogP contribution in [0.1, 0.15) is 25.8 Å². The van der Waals surface area contributed by atoms with E-state index < -0.39 is 11.2 Å². The van der Waals surface area contributed by atoms with Crippen LogP contribution in [0, 0.1) is 5.82 Å². The molecule has 1 fully saturated rings. The normalized spacial score (nSPS) is 14.9. The third-order valence-corrected chi connectivity index (χ3v) is 5.32. The van der Waals surface area contributed by atoms with Gasteiger partial charge in [-0.05, 0) is 37.6 Å². The molecule has 2 aromatic rings. The van der Waals surface area contributed by atoms with Crippen LogP contribution in [-0.4, -0.2) is 49.6 Å². The highest BCUT2D eigenvalue weighted by molar-refractivity contribution is 5.99. The number of amides is 2. The number of hydrogen-bond donors (Lipinski definition) is 2. The molecular formula is C23H28FN3O3. The van der Waals surface area contributed by atoms with Gasteiger partial charge in [-0.25, -0.2) is 4.39 Å². The molecule has 2 N–H and O–H groups in total. The third-order valence-electron chi connectivity index (χ3n) is 5.32. The van der Waals surface area contributed by atoms with Crippen molar-refractivity contribution in [2.24, 2.45) is 0 Å². The van der Waals surface area contributed by atoms with Gasteiger partial charge in [0, 0.05) is 31.7 Å². The molecule has 0 unspecified atom stereocenters. The highest BCUT2D eigenvalue weighted by Gasteiger charge is 2.29. The predicted molar refractivity (Wildman–Crippen MR) is 115 cm³/mol. The van der Waals surface area contributed by atoms with Gasteiger partial charge >= 0.3 is 0 Å². The fourth-order valence-corrected chi connectivity index (χ4v) is 3.27. The number of nitrogens with zero attached hydrogens (tertiary/aromatic N) is 1. The van der Waals surface area contributed by atoms with E-state index in [1.54, 1.807) is 0 Å². The highest BCUT2D eigenvalue weighted by atomic mass is 19.1. The Labute approximate surface area is 176 Å². The molecule has 1 saturated heterocycles. The molecule has 1 heterocycles.